The molecular formula is C29H31BrN4O4. The predicted molar refractivity (Wildman–Crippen MR) is 148 cm³/mol. The van der Waals surface area contributed by atoms with E-state index >= 15 is 0 Å². The lowest BCUT2D eigenvalue weighted by atomic mass is 10.0. The molecule has 38 heavy (non-hydrogen) atoms. The molecule has 8 nitrogen and oxygen atoms in total. The molecule has 0 N–H and O–H groups in total. The summed E-state index contributed by atoms with van der Waals surface area (Å²) in [5, 5.41) is 0. The third-order valence-electron chi connectivity index (χ3n) is 6.45. The van der Waals surface area contributed by atoms with Gasteiger partial charge in [0.2, 0.25) is 0 Å². The van der Waals surface area contributed by atoms with Crippen molar-refractivity contribution in [1.82, 2.24) is 19.8 Å². The van der Waals surface area contributed by atoms with E-state index in [9.17, 15) is 14.4 Å². The van der Waals surface area contributed by atoms with Crippen LogP contribution in [-0.4, -0.2) is 69.8 Å². The van der Waals surface area contributed by atoms with Crippen LogP contribution in [0.2, 0.25) is 0 Å². The molecule has 0 aliphatic carbocycles. The molecule has 4 rings (SSSR count). The molecular weight excluding hydrogens is 548 g/mol. The van der Waals surface area contributed by atoms with Gasteiger partial charge >= 0.3 is 5.97 Å². The lowest BCUT2D eigenvalue weighted by Crippen LogP contribution is -2.55. The van der Waals surface area contributed by atoms with Gasteiger partial charge in [0.05, 0.1) is 12.3 Å². The monoisotopic (exact) mass is 578 g/mol. The molecule has 2 heterocycles. The molecule has 9 heteroatoms. The number of carbonyl (C=O) groups excluding carboxylic acids is 3. The zero-order valence-electron chi connectivity index (χ0n) is 21.8. The van der Waals surface area contributed by atoms with Crippen molar-refractivity contribution in [1.29, 1.82) is 0 Å². The molecule has 3 aromatic rings. The van der Waals surface area contributed by atoms with E-state index in [1.807, 2.05) is 56.3 Å². The third kappa shape index (κ3) is 5.93. The number of esters is 1. The number of nitrogens with zero attached hydrogens (tertiary/aromatic N) is 4. The van der Waals surface area contributed by atoms with E-state index in [0.717, 1.165) is 16.5 Å². The number of halogens is 1. The largest absolute Gasteiger partial charge is 0.462 e. The molecule has 1 aromatic heterocycles. The summed E-state index contributed by atoms with van der Waals surface area (Å²) in [5.74, 6) is -0.658. The average molecular weight is 579 g/mol. The minimum absolute atomic E-state index is 0.0423. The number of hydrogen-bond donors (Lipinski definition) is 0. The van der Waals surface area contributed by atoms with Gasteiger partial charge in [0.15, 0.2) is 5.82 Å². The van der Waals surface area contributed by atoms with Gasteiger partial charge in [-0.15, -0.1) is 0 Å². The lowest BCUT2D eigenvalue weighted by molar-refractivity contribution is 0.0406. The molecule has 1 aliphatic heterocycles. The molecule has 1 aliphatic rings. The van der Waals surface area contributed by atoms with Gasteiger partial charge < -0.3 is 14.5 Å². The Morgan fingerprint density at radius 2 is 1.68 bits per heavy atom. The van der Waals surface area contributed by atoms with Crippen molar-refractivity contribution in [3.05, 3.63) is 81.6 Å². The van der Waals surface area contributed by atoms with Crippen LogP contribution in [0.5, 0.6) is 0 Å². The highest BCUT2D eigenvalue weighted by Gasteiger charge is 2.34. The first-order valence-electron chi connectivity index (χ1n) is 12.8. The van der Waals surface area contributed by atoms with Crippen LogP contribution in [0.1, 0.15) is 64.1 Å². The highest BCUT2D eigenvalue weighted by atomic mass is 79.9. The van der Waals surface area contributed by atoms with Crippen LogP contribution in [0, 0.1) is 0 Å². The Morgan fingerprint density at radius 1 is 0.974 bits per heavy atom. The topological polar surface area (TPSA) is 92.7 Å². The van der Waals surface area contributed by atoms with Crippen molar-refractivity contribution >= 4 is 33.7 Å². The molecule has 198 valence electrons. The summed E-state index contributed by atoms with van der Waals surface area (Å²) in [5.41, 5.74) is 2.02. The number of amides is 2. The Bertz CT molecular complexity index is 1310. The second kappa shape index (κ2) is 12.3. The molecule has 2 amide bonds. The molecule has 1 unspecified atom stereocenters. The van der Waals surface area contributed by atoms with Crippen LogP contribution < -0.4 is 0 Å². The maximum atomic E-state index is 13.9. The highest BCUT2D eigenvalue weighted by Crippen LogP contribution is 2.24. The molecule has 1 atom stereocenters. The second-order valence-corrected chi connectivity index (χ2v) is 10.1. The van der Waals surface area contributed by atoms with Crippen molar-refractivity contribution in [3.8, 4) is 11.4 Å². The molecule has 0 saturated carbocycles. The molecule has 0 spiro atoms. The zero-order chi connectivity index (χ0) is 27.2. The Labute approximate surface area is 231 Å². The van der Waals surface area contributed by atoms with Crippen molar-refractivity contribution in [2.75, 3.05) is 26.2 Å². The van der Waals surface area contributed by atoms with E-state index in [2.05, 4.69) is 25.9 Å². The summed E-state index contributed by atoms with van der Waals surface area (Å²) < 4.78 is 6.22. The van der Waals surface area contributed by atoms with Crippen molar-refractivity contribution in [3.63, 3.8) is 0 Å². The lowest BCUT2D eigenvalue weighted by Gasteiger charge is -2.40. The first kappa shape index (κ1) is 27.4. The number of carbonyl (C=O) groups is 3. The van der Waals surface area contributed by atoms with Gasteiger partial charge in [0.25, 0.3) is 11.8 Å². The normalized spacial score (nSPS) is 15.3. The first-order chi connectivity index (χ1) is 18.3. The van der Waals surface area contributed by atoms with Crippen molar-refractivity contribution < 1.29 is 19.1 Å². The summed E-state index contributed by atoms with van der Waals surface area (Å²) in [6, 6.07) is 16.4. The van der Waals surface area contributed by atoms with E-state index in [1.165, 1.54) is 0 Å². The van der Waals surface area contributed by atoms with Crippen LogP contribution in [0.15, 0.2) is 59.1 Å². The Hall–Kier alpha value is -3.59. The van der Waals surface area contributed by atoms with Crippen LogP contribution in [0.25, 0.3) is 11.4 Å². The van der Waals surface area contributed by atoms with Crippen LogP contribution in [0.4, 0.5) is 0 Å². The smallest absolute Gasteiger partial charge is 0.342 e. The summed E-state index contributed by atoms with van der Waals surface area (Å²) in [6.45, 7) is 6.81. The summed E-state index contributed by atoms with van der Waals surface area (Å²) >= 11 is 3.40. The number of ether oxygens (including phenoxy) is 1. The maximum absolute atomic E-state index is 13.9. The van der Waals surface area contributed by atoms with Gasteiger partial charge in [-0.25, -0.2) is 14.8 Å². The molecule has 1 fully saturated rings. The number of piperazine rings is 1. The average Bonchev–Trinajstić information content (AvgIpc) is 2.93. The van der Waals surface area contributed by atoms with E-state index in [4.69, 9.17) is 4.74 Å². The molecule has 0 bridgehead atoms. The van der Waals surface area contributed by atoms with Gasteiger partial charge in [-0.2, -0.15) is 0 Å². The number of rotatable bonds is 7. The van der Waals surface area contributed by atoms with E-state index < -0.39 is 5.97 Å². The molecule has 0 radical (unpaired) electrons. The molecule has 1 saturated heterocycles. The summed E-state index contributed by atoms with van der Waals surface area (Å²) in [4.78, 5) is 52.8. The SMILES string of the molecule is CCCc1nc(-c2ccccc2)nc(C(=O)N2CCN(C(=O)c3ccc(Br)cc3)C(C)C2)c1C(=O)OCC. The number of hydrogen-bond acceptors (Lipinski definition) is 6. The first-order valence-corrected chi connectivity index (χ1v) is 13.6. The fraction of sp³-hybridized carbons (Fsp3) is 0.345. The number of benzene rings is 2. The zero-order valence-corrected chi connectivity index (χ0v) is 23.4. The summed E-state index contributed by atoms with van der Waals surface area (Å²) in [6.07, 6.45) is 1.24. The maximum Gasteiger partial charge on any atom is 0.342 e. The van der Waals surface area contributed by atoms with Crippen LogP contribution in [0.3, 0.4) is 0 Å². The Kier molecular flexibility index (Phi) is 8.89. The fourth-order valence-electron chi connectivity index (χ4n) is 4.57. The predicted octanol–water partition coefficient (Wildman–Crippen LogP) is 5.02. The molecule has 2 aromatic carbocycles. The number of aryl methyl sites for hydroxylation is 1. The standard InChI is InChI=1S/C29H31BrN4O4/c1-4-9-23-24(29(37)38-5-2)25(32-26(31-23)20-10-7-6-8-11-20)28(36)33-16-17-34(19(3)18-33)27(35)21-12-14-22(30)15-13-21/h6-8,10-15,19H,4-5,9,16-18H2,1-3H3. The minimum Gasteiger partial charge on any atom is -0.462 e. The fourth-order valence-corrected chi connectivity index (χ4v) is 4.83. The van der Waals surface area contributed by atoms with Gasteiger partial charge in [0.1, 0.15) is 11.3 Å². The Balaban J connectivity index is 1.66. The Morgan fingerprint density at radius 3 is 2.32 bits per heavy atom. The quantitative estimate of drug-likeness (QED) is 0.365. The second-order valence-electron chi connectivity index (χ2n) is 9.16. The van der Waals surface area contributed by atoms with E-state index in [1.54, 1.807) is 28.9 Å². The van der Waals surface area contributed by atoms with Crippen LogP contribution >= 0.6 is 15.9 Å². The van der Waals surface area contributed by atoms with E-state index in [-0.39, 0.29) is 35.7 Å². The summed E-state index contributed by atoms with van der Waals surface area (Å²) in [7, 11) is 0. The van der Waals surface area contributed by atoms with E-state index in [0.29, 0.717) is 43.1 Å². The number of aromatic nitrogens is 2. The highest BCUT2D eigenvalue weighted by molar-refractivity contribution is 9.10. The van der Waals surface area contributed by atoms with Gasteiger partial charge in [-0.1, -0.05) is 59.6 Å². The van der Waals surface area contributed by atoms with Crippen molar-refractivity contribution in [2.24, 2.45) is 0 Å². The van der Waals surface area contributed by atoms with Gasteiger partial charge in [0, 0.05) is 41.3 Å². The van der Waals surface area contributed by atoms with Gasteiger partial charge in [-0.3, -0.25) is 9.59 Å². The third-order valence-corrected chi connectivity index (χ3v) is 6.98. The minimum atomic E-state index is -0.601. The van der Waals surface area contributed by atoms with Gasteiger partial charge in [-0.05, 0) is 44.5 Å². The van der Waals surface area contributed by atoms with Crippen LogP contribution in [-0.2, 0) is 11.2 Å². The van der Waals surface area contributed by atoms with Crippen molar-refractivity contribution in [2.45, 2.75) is 39.7 Å².